The van der Waals surface area contributed by atoms with E-state index >= 15 is 0 Å². The van der Waals surface area contributed by atoms with Crippen LogP contribution in [0.5, 0.6) is 0 Å². The van der Waals surface area contributed by atoms with Gasteiger partial charge in [-0.1, -0.05) is 0 Å². The molecule has 0 atom stereocenters. The average Bonchev–Trinajstić information content (AvgIpc) is 2.53. The minimum atomic E-state index is -2.23. The summed E-state index contributed by atoms with van der Waals surface area (Å²) in [6.45, 7) is 17.1. The van der Waals surface area contributed by atoms with Crippen LogP contribution in [0.1, 0.15) is 55.4 Å². The standard InChI is InChI=1S/2C10H20FP.2ClH.Ni/c2*1-9(2)12(10(3)4)8-6-5-7-11;;;/h2*5-6,9-10H,7-8H2,1-4H3;2*1H;. The predicted molar refractivity (Wildman–Crippen MR) is 129 cm³/mol. The quantitative estimate of drug-likeness (QED) is 0.140. The van der Waals surface area contributed by atoms with Crippen LogP contribution in [0, 0.1) is 0 Å². The first-order valence-electron chi connectivity index (χ1n) is 9.87. The first-order valence-corrected chi connectivity index (χ1v) is 19.9. The SMILES string of the molecule is CC(C)[PH](CC=CCF)(C(C)C)[Ni]([Cl])([Cl])[PH](CC=CCF)(C(C)C)C(C)C. The summed E-state index contributed by atoms with van der Waals surface area (Å²) in [7, 11) is 13.2. The molecule has 0 spiro atoms. The summed E-state index contributed by atoms with van der Waals surface area (Å²) < 4.78 is 25.6. The van der Waals surface area contributed by atoms with Gasteiger partial charge >= 0.3 is 179 Å². The van der Waals surface area contributed by atoms with E-state index in [-0.39, 0.29) is 0 Å². The summed E-state index contributed by atoms with van der Waals surface area (Å²) in [5.41, 5.74) is 1.58. The minimum absolute atomic E-state index is 0.395. The fourth-order valence-corrected chi connectivity index (χ4v) is 59.4. The third-order valence-electron chi connectivity index (χ3n) is 5.78. The predicted octanol–water partition coefficient (Wildman–Crippen LogP) is 8.46. The van der Waals surface area contributed by atoms with Crippen molar-refractivity contribution in [2.24, 2.45) is 0 Å². The van der Waals surface area contributed by atoms with E-state index in [1.54, 1.807) is 12.2 Å². The van der Waals surface area contributed by atoms with Crippen LogP contribution in [0.25, 0.3) is 0 Å². The summed E-state index contributed by atoms with van der Waals surface area (Å²) in [4.78, 5) is 0. The van der Waals surface area contributed by atoms with Gasteiger partial charge in [0, 0.05) is 0 Å². The van der Waals surface area contributed by atoms with Crippen molar-refractivity contribution in [3.05, 3.63) is 24.3 Å². The maximum absolute atomic E-state index is 12.8. The number of rotatable bonds is 12. The van der Waals surface area contributed by atoms with Gasteiger partial charge in [0.15, 0.2) is 0 Å². The second-order valence-electron chi connectivity index (χ2n) is 8.38. The Labute approximate surface area is 178 Å². The Morgan fingerprint density at radius 1 is 0.630 bits per heavy atom. The molecule has 0 saturated heterocycles. The summed E-state index contributed by atoms with van der Waals surface area (Å²) in [5.74, 6) is 0. The Morgan fingerprint density at radius 3 is 1.07 bits per heavy atom. The van der Waals surface area contributed by atoms with Crippen molar-refractivity contribution in [2.75, 3.05) is 25.7 Å². The molecule has 7 heteroatoms. The Morgan fingerprint density at radius 2 is 0.889 bits per heavy atom. The van der Waals surface area contributed by atoms with Crippen molar-refractivity contribution in [1.29, 1.82) is 0 Å². The van der Waals surface area contributed by atoms with Crippen LogP contribution in [-0.4, -0.2) is 48.3 Å². The molecular weight excluding hydrogens is 470 g/mol. The van der Waals surface area contributed by atoms with Gasteiger partial charge in [0.05, 0.1) is 0 Å². The molecule has 0 aliphatic heterocycles. The molecule has 0 nitrogen and oxygen atoms in total. The molecule has 0 heterocycles. The van der Waals surface area contributed by atoms with Crippen molar-refractivity contribution in [1.82, 2.24) is 0 Å². The number of hydrogen-bond donors (Lipinski definition) is 0. The van der Waals surface area contributed by atoms with Gasteiger partial charge < -0.3 is 0 Å². The molecule has 0 fully saturated rings. The van der Waals surface area contributed by atoms with E-state index < -0.39 is 35.2 Å². The average molecular weight is 512 g/mol. The fraction of sp³-hybridized carbons (Fsp3) is 0.800. The Balaban J connectivity index is 6.73. The molecule has 27 heavy (non-hydrogen) atoms. The van der Waals surface area contributed by atoms with Crippen molar-refractivity contribution < 1.29 is 18.5 Å². The zero-order chi connectivity index (χ0) is 21.5. The van der Waals surface area contributed by atoms with Crippen LogP contribution in [0.2, 0.25) is 0 Å². The molecule has 0 aromatic heterocycles. The summed E-state index contributed by atoms with van der Waals surface area (Å²) in [6, 6.07) is -4.46. The molecule has 0 unspecified atom stereocenters. The Kier molecular flexibility index (Phi) is 12.8. The van der Waals surface area contributed by atoms with Crippen LogP contribution >= 0.6 is 32.5 Å². The molecule has 0 amide bonds. The Hall–Kier alpha value is 1.27. The molecule has 0 rings (SSSR count). The molecule has 0 aliphatic carbocycles. The van der Waals surface area contributed by atoms with Crippen LogP contribution in [-0.2, 0) is 9.74 Å². The Bertz CT molecular complexity index is 434. The van der Waals surface area contributed by atoms with Gasteiger partial charge in [-0.2, -0.15) is 0 Å². The third-order valence-corrected chi connectivity index (χ3v) is 49.6. The van der Waals surface area contributed by atoms with E-state index in [1.807, 2.05) is 12.2 Å². The second-order valence-corrected chi connectivity index (χ2v) is 35.9. The van der Waals surface area contributed by atoms with E-state index in [0.717, 1.165) is 12.3 Å². The van der Waals surface area contributed by atoms with E-state index in [4.69, 9.17) is 20.4 Å². The zero-order valence-corrected chi connectivity index (χ0v) is 22.8. The summed E-state index contributed by atoms with van der Waals surface area (Å²) in [6.07, 6.45) is 8.82. The molecule has 0 aromatic rings. The maximum atomic E-state index is 12.8. The molecule has 170 valence electrons. The van der Waals surface area contributed by atoms with E-state index in [2.05, 4.69) is 55.4 Å². The first-order chi connectivity index (χ1) is 12.4. The molecular formula is C20H42Cl2F2NiP2. The van der Waals surface area contributed by atoms with Crippen molar-refractivity contribution in [3.8, 4) is 0 Å². The summed E-state index contributed by atoms with van der Waals surface area (Å²) >= 11 is 0. The van der Waals surface area contributed by atoms with Gasteiger partial charge in [0.25, 0.3) is 0 Å². The van der Waals surface area contributed by atoms with Crippen LogP contribution < -0.4 is 0 Å². The van der Waals surface area contributed by atoms with Crippen molar-refractivity contribution >= 4 is 32.5 Å². The van der Waals surface area contributed by atoms with E-state index in [9.17, 15) is 8.78 Å². The fourth-order valence-electron chi connectivity index (χ4n) is 4.27. The van der Waals surface area contributed by atoms with Gasteiger partial charge in [-0.15, -0.1) is 0 Å². The molecule has 0 saturated carbocycles. The molecule has 0 aliphatic rings. The topological polar surface area (TPSA) is 0 Å². The van der Waals surface area contributed by atoms with Gasteiger partial charge in [0.2, 0.25) is 0 Å². The van der Waals surface area contributed by atoms with Crippen molar-refractivity contribution in [3.63, 3.8) is 0 Å². The number of alkyl halides is 2. The van der Waals surface area contributed by atoms with Crippen molar-refractivity contribution in [2.45, 2.75) is 78.0 Å². The van der Waals surface area contributed by atoms with E-state index in [0.29, 0.717) is 22.6 Å². The zero-order valence-electron chi connectivity index (χ0n) is 18.3. The van der Waals surface area contributed by atoms with Gasteiger partial charge in [-0.3, -0.25) is 0 Å². The molecule has 0 aromatic carbocycles. The molecule has 0 bridgehead atoms. The third kappa shape index (κ3) is 5.70. The normalized spacial score (nSPS) is 16.6. The monoisotopic (exact) mass is 510 g/mol. The van der Waals surface area contributed by atoms with Gasteiger partial charge in [0.1, 0.15) is 0 Å². The summed E-state index contributed by atoms with van der Waals surface area (Å²) in [5, 5.41) is 0. The number of allylic oxidation sites excluding steroid dienone is 4. The van der Waals surface area contributed by atoms with Crippen LogP contribution in [0.15, 0.2) is 24.3 Å². The first kappa shape index (κ1) is 28.3. The van der Waals surface area contributed by atoms with Crippen LogP contribution in [0.4, 0.5) is 8.78 Å². The number of halogens is 4. The van der Waals surface area contributed by atoms with Gasteiger partial charge in [-0.05, 0) is 0 Å². The van der Waals surface area contributed by atoms with Crippen LogP contribution in [0.3, 0.4) is 0 Å². The second kappa shape index (κ2) is 12.2. The van der Waals surface area contributed by atoms with E-state index in [1.165, 1.54) is 0 Å². The molecule has 0 N–H and O–H groups in total. The molecule has 0 radical (unpaired) electrons. The van der Waals surface area contributed by atoms with Gasteiger partial charge in [-0.25, -0.2) is 0 Å². The number of hydrogen-bond acceptors (Lipinski definition) is 0.